The third-order valence-electron chi connectivity index (χ3n) is 8.13. The first-order valence-electron chi connectivity index (χ1n) is 12.5. The Bertz CT molecular complexity index is 874. The van der Waals surface area contributed by atoms with Crippen LogP contribution < -0.4 is 5.49 Å². The van der Waals surface area contributed by atoms with Gasteiger partial charge in [0.25, 0.3) is 0 Å². The molecular weight excluding hydrogens is 356 g/mol. The first kappa shape index (κ1) is 19.4. The third kappa shape index (κ3) is 3.80. The van der Waals surface area contributed by atoms with Gasteiger partial charge in [-0.3, -0.25) is 5.41 Å². The van der Waals surface area contributed by atoms with Gasteiger partial charge in [0.05, 0.1) is 11.7 Å². The van der Waals surface area contributed by atoms with E-state index in [0.717, 1.165) is 23.5 Å². The van der Waals surface area contributed by atoms with Gasteiger partial charge >= 0.3 is 0 Å². The maximum absolute atomic E-state index is 8.76. The van der Waals surface area contributed by atoms with Crippen LogP contribution in [0.1, 0.15) is 119 Å². The molecule has 3 aliphatic carbocycles. The van der Waals surface area contributed by atoms with E-state index >= 15 is 0 Å². The van der Waals surface area contributed by atoms with Crippen molar-refractivity contribution < 1.29 is 0 Å². The van der Waals surface area contributed by atoms with Crippen molar-refractivity contribution in [3.63, 3.8) is 0 Å². The Kier molecular flexibility index (Phi) is 5.78. The number of nitrogens with one attached hydrogen (secondary N) is 2. The molecule has 0 spiro atoms. The van der Waals surface area contributed by atoms with E-state index in [1.807, 2.05) is 0 Å². The first-order valence-corrected chi connectivity index (χ1v) is 12.5. The summed E-state index contributed by atoms with van der Waals surface area (Å²) in [6.45, 7) is 1.13. The summed E-state index contributed by atoms with van der Waals surface area (Å²) in [4.78, 5) is 8.01. The Balaban J connectivity index is 1.67. The molecule has 5 rings (SSSR count). The molecule has 0 bridgehead atoms. The summed E-state index contributed by atoms with van der Waals surface area (Å²) in [5.74, 6) is 2.11. The first-order chi connectivity index (χ1) is 14.3. The van der Waals surface area contributed by atoms with Crippen LogP contribution in [0.25, 0.3) is 11.0 Å². The minimum absolute atomic E-state index is 0.593. The summed E-state index contributed by atoms with van der Waals surface area (Å²) in [5, 5.41) is 9.92. The van der Waals surface area contributed by atoms with Crippen LogP contribution in [0.2, 0.25) is 0 Å². The molecule has 2 aromatic rings. The zero-order chi connectivity index (χ0) is 19.6. The Morgan fingerprint density at radius 1 is 0.828 bits per heavy atom. The van der Waals surface area contributed by atoms with Gasteiger partial charge in [-0.25, -0.2) is 4.98 Å². The van der Waals surface area contributed by atoms with Crippen LogP contribution in [0.5, 0.6) is 0 Å². The van der Waals surface area contributed by atoms with E-state index in [0.29, 0.717) is 17.3 Å². The lowest BCUT2D eigenvalue weighted by Crippen LogP contribution is -2.20. The molecule has 3 aliphatic rings. The third-order valence-corrected chi connectivity index (χ3v) is 8.13. The predicted octanol–water partition coefficient (Wildman–Crippen LogP) is 6.52. The van der Waals surface area contributed by atoms with Gasteiger partial charge < -0.3 is 9.55 Å². The maximum Gasteiger partial charge on any atom is 0.145 e. The summed E-state index contributed by atoms with van der Waals surface area (Å²) in [7, 11) is 0. The topological polar surface area (TPSA) is 57.5 Å². The highest BCUT2D eigenvalue weighted by molar-refractivity contribution is 5.82. The van der Waals surface area contributed by atoms with Crippen molar-refractivity contribution in [1.82, 2.24) is 14.5 Å². The highest BCUT2D eigenvalue weighted by atomic mass is 15.1. The number of aromatic nitrogens is 3. The molecule has 4 nitrogen and oxygen atoms in total. The Morgan fingerprint density at radius 3 is 2.07 bits per heavy atom. The standard InChI is InChI=1S/C25H38N4/c26-24-22-21(19-12-6-2-7-13-19)23(20-14-8-3-9-15-20)29(25(22)28-17-27-24)16-18-10-4-1-5-11-18/h17-20H,1-16H2,(H2,26,27,28). The van der Waals surface area contributed by atoms with Gasteiger partial charge in [-0.05, 0) is 61.8 Å². The lowest BCUT2D eigenvalue weighted by Gasteiger charge is -2.30. The second-order valence-corrected chi connectivity index (χ2v) is 10.1. The van der Waals surface area contributed by atoms with Crippen molar-refractivity contribution in [2.24, 2.45) is 5.92 Å². The van der Waals surface area contributed by atoms with Gasteiger partial charge in [0.15, 0.2) is 0 Å². The summed E-state index contributed by atoms with van der Waals surface area (Å²) in [5.41, 5.74) is 4.85. The molecule has 0 aliphatic heterocycles. The normalized spacial score (nSPS) is 23.0. The largest absolute Gasteiger partial charge is 0.331 e. The molecule has 0 atom stereocenters. The van der Waals surface area contributed by atoms with Crippen LogP contribution in [0, 0.1) is 11.3 Å². The molecule has 3 fully saturated rings. The average Bonchev–Trinajstić information content (AvgIpc) is 3.11. The van der Waals surface area contributed by atoms with E-state index in [-0.39, 0.29) is 0 Å². The van der Waals surface area contributed by atoms with Gasteiger partial charge in [0.1, 0.15) is 11.1 Å². The van der Waals surface area contributed by atoms with E-state index < -0.39 is 0 Å². The van der Waals surface area contributed by atoms with Gasteiger partial charge in [-0.15, -0.1) is 0 Å². The SMILES string of the molecule is N=c1[nH]cnc2c1c(C1CCCCC1)c(C1CCCCC1)n2CC1CCCCC1. The van der Waals surface area contributed by atoms with E-state index in [9.17, 15) is 0 Å². The summed E-state index contributed by atoms with van der Waals surface area (Å²) in [6, 6.07) is 0. The number of hydrogen-bond acceptors (Lipinski definition) is 2. The van der Waals surface area contributed by atoms with E-state index in [2.05, 4.69) is 9.55 Å². The zero-order valence-electron chi connectivity index (χ0n) is 18.0. The molecule has 0 saturated heterocycles. The summed E-state index contributed by atoms with van der Waals surface area (Å²) >= 11 is 0. The molecule has 0 aromatic carbocycles. The molecular formula is C25H38N4. The lowest BCUT2D eigenvalue weighted by molar-refractivity contribution is 0.312. The van der Waals surface area contributed by atoms with E-state index in [1.54, 1.807) is 12.0 Å². The molecule has 158 valence electrons. The van der Waals surface area contributed by atoms with E-state index in [1.165, 1.54) is 102 Å². The Labute approximate surface area is 175 Å². The lowest BCUT2D eigenvalue weighted by atomic mass is 9.78. The van der Waals surface area contributed by atoms with Gasteiger partial charge in [0, 0.05) is 12.2 Å². The van der Waals surface area contributed by atoms with Crippen molar-refractivity contribution in [2.75, 3.05) is 0 Å². The van der Waals surface area contributed by atoms with Crippen LogP contribution in [-0.2, 0) is 6.54 Å². The highest BCUT2D eigenvalue weighted by Gasteiger charge is 2.32. The van der Waals surface area contributed by atoms with Crippen molar-refractivity contribution in [2.45, 2.75) is 115 Å². The zero-order valence-corrected chi connectivity index (χ0v) is 18.0. The minimum Gasteiger partial charge on any atom is -0.331 e. The summed E-state index contributed by atoms with van der Waals surface area (Å²) in [6.07, 6.45) is 22.2. The van der Waals surface area contributed by atoms with Crippen LogP contribution in [0.3, 0.4) is 0 Å². The Hall–Kier alpha value is -1.58. The fraction of sp³-hybridized carbons (Fsp3) is 0.760. The van der Waals surface area contributed by atoms with Crippen molar-refractivity contribution in [1.29, 1.82) is 5.41 Å². The van der Waals surface area contributed by atoms with Crippen molar-refractivity contribution in [3.05, 3.63) is 23.1 Å². The number of fused-ring (bicyclic) bond motifs is 1. The van der Waals surface area contributed by atoms with Crippen LogP contribution >= 0.6 is 0 Å². The number of aromatic amines is 1. The quantitative estimate of drug-likeness (QED) is 0.609. The van der Waals surface area contributed by atoms with Gasteiger partial charge in [-0.1, -0.05) is 57.8 Å². The molecule has 4 heteroatoms. The van der Waals surface area contributed by atoms with Crippen LogP contribution in [-0.4, -0.2) is 14.5 Å². The molecule has 0 amide bonds. The molecule has 0 radical (unpaired) electrons. The Morgan fingerprint density at radius 2 is 1.41 bits per heavy atom. The predicted molar refractivity (Wildman–Crippen MR) is 118 cm³/mol. The smallest absolute Gasteiger partial charge is 0.145 e. The molecule has 3 saturated carbocycles. The van der Waals surface area contributed by atoms with Gasteiger partial charge in [-0.2, -0.15) is 0 Å². The second kappa shape index (κ2) is 8.65. The molecule has 2 aromatic heterocycles. The van der Waals surface area contributed by atoms with Crippen molar-refractivity contribution in [3.8, 4) is 0 Å². The monoisotopic (exact) mass is 394 g/mol. The molecule has 0 unspecified atom stereocenters. The number of rotatable bonds is 4. The molecule has 2 heterocycles. The second-order valence-electron chi connectivity index (χ2n) is 10.1. The number of hydrogen-bond donors (Lipinski definition) is 2. The maximum atomic E-state index is 8.76. The molecule has 29 heavy (non-hydrogen) atoms. The van der Waals surface area contributed by atoms with Crippen LogP contribution in [0.4, 0.5) is 0 Å². The summed E-state index contributed by atoms with van der Waals surface area (Å²) < 4.78 is 2.64. The highest BCUT2D eigenvalue weighted by Crippen LogP contribution is 2.45. The average molecular weight is 395 g/mol. The number of nitrogens with zero attached hydrogens (tertiary/aromatic N) is 2. The van der Waals surface area contributed by atoms with Crippen molar-refractivity contribution >= 4 is 11.0 Å². The minimum atomic E-state index is 0.593. The fourth-order valence-electron chi connectivity index (χ4n) is 6.69. The van der Waals surface area contributed by atoms with E-state index in [4.69, 9.17) is 10.4 Å². The number of H-pyrrole nitrogens is 1. The van der Waals surface area contributed by atoms with Crippen LogP contribution in [0.15, 0.2) is 6.33 Å². The fourth-order valence-corrected chi connectivity index (χ4v) is 6.69. The molecule has 2 N–H and O–H groups in total. The van der Waals surface area contributed by atoms with Gasteiger partial charge in [0.2, 0.25) is 0 Å².